The van der Waals surface area contributed by atoms with Crippen LogP contribution in [-0.4, -0.2) is 24.2 Å². The number of hydrogen-bond donors (Lipinski definition) is 2. The van der Waals surface area contributed by atoms with Crippen molar-refractivity contribution >= 4 is 18.1 Å². The first kappa shape index (κ1) is 32.4. The van der Waals surface area contributed by atoms with E-state index in [1.807, 2.05) is 87.5 Å². The number of carbonyl (C=O) groups is 1. The molecule has 0 aromatic heterocycles. The Kier molecular flexibility index (Phi) is 14.4. The number of amides is 1. The highest BCUT2D eigenvalue weighted by molar-refractivity contribution is 5.96. The third-order valence-corrected chi connectivity index (χ3v) is 6.34. The number of hydrogen-bond acceptors (Lipinski definition) is 3. The molecule has 0 atom stereocenters. The molecule has 4 heteroatoms. The molecule has 0 aliphatic heterocycles. The molecular formula is C36H47NO3. The van der Waals surface area contributed by atoms with Crippen molar-refractivity contribution in [2.24, 2.45) is 5.92 Å². The molecule has 0 aliphatic carbocycles. The van der Waals surface area contributed by atoms with E-state index in [1.54, 1.807) is 6.07 Å². The van der Waals surface area contributed by atoms with Gasteiger partial charge >= 0.3 is 0 Å². The van der Waals surface area contributed by atoms with E-state index in [1.165, 1.54) is 5.56 Å². The summed E-state index contributed by atoms with van der Waals surface area (Å²) in [5.74, 6) is 1.32. The minimum atomic E-state index is -0.117. The van der Waals surface area contributed by atoms with Gasteiger partial charge in [0.2, 0.25) is 0 Å². The predicted molar refractivity (Wildman–Crippen MR) is 170 cm³/mol. The molecule has 3 rings (SSSR count). The van der Waals surface area contributed by atoms with E-state index in [0.29, 0.717) is 30.4 Å². The van der Waals surface area contributed by atoms with Gasteiger partial charge in [-0.25, -0.2) is 0 Å². The number of benzene rings is 3. The Bertz CT molecular complexity index is 1340. The van der Waals surface area contributed by atoms with Gasteiger partial charge in [-0.05, 0) is 85.2 Å². The predicted octanol–water partition coefficient (Wildman–Crippen LogP) is 7.42. The number of carbonyl (C=O) groups excluding carboxylic acids is 1. The van der Waals surface area contributed by atoms with Crippen LogP contribution in [0.5, 0.6) is 11.5 Å². The fourth-order valence-corrected chi connectivity index (χ4v) is 4.25. The lowest BCUT2D eigenvalue weighted by molar-refractivity contribution is 0.0953. The van der Waals surface area contributed by atoms with Crippen LogP contribution in [0.4, 0.5) is 0 Å². The van der Waals surface area contributed by atoms with E-state index in [0.717, 1.165) is 47.2 Å². The molecule has 0 unspecified atom stereocenters. The third-order valence-electron chi connectivity index (χ3n) is 6.34. The van der Waals surface area contributed by atoms with Gasteiger partial charge in [0.05, 0.1) is 6.61 Å². The highest BCUT2D eigenvalue weighted by Crippen LogP contribution is 2.32. The zero-order valence-corrected chi connectivity index (χ0v) is 25.2. The summed E-state index contributed by atoms with van der Waals surface area (Å²) in [4.78, 5) is 13.0. The zero-order chi connectivity index (χ0) is 29.3. The zero-order valence-electron chi connectivity index (χ0n) is 25.2. The molecule has 0 saturated heterocycles. The van der Waals surface area contributed by atoms with Crippen LogP contribution < -0.4 is 20.5 Å². The quantitative estimate of drug-likeness (QED) is 0.235. The van der Waals surface area contributed by atoms with Gasteiger partial charge in [-0.2, -0.15) is 0 Å². The van der Waals surface area contributed by atoms with Crippen molar-refractivity contribution in [3.05, 3.63) is 94.4 Å². The van der Waals surface area contributed by atoms with Crippen molar-refractivity contribution in [2.75, 3.05) is 13.2 Å². The molecule has 0 spiro atoms. The van der Waals surface area contributed by atoms with Crippen LogP contribution in [0.25, 0.3) is 23.3 Å². The number of ether oxygens (including phenoxy) is 1. The molecule has 214 valence electrons. The highest BCUT2D eigenvalue weighted by Gasteiger charge is 2.14. The van der Waals surface area contributed by atoms with Crippen LogP contribution in [0.2, 0.25) is 0 Å². The smallest absolute Gasteiger partial charge is 0.251 e. The van der Waals surface area contributed by atoms with E-state index in [-0.39, 0.29) is 11.7 Å². The minimum absolute atomic E-state index is 0.117. The van der Waals surface area contributed by atoms with Crippen LogP contribution >= 0.6 is 0 Å². The molecule has 0 aliphatic rings. The minimum Gasteiger partial charge on any atom is -0.507 e. The van der Waals surface area contributed by atoms with Crippen molar-refractivity contribution in [1.82, 2.24) is 5.32 Å². The van der Waals surface area contributed by atoms with Gasteiger partial charge in [-0.3, -0.25) is 4.79 Å². The molecule has 3 aromatic carbocycles. The largest absolute Gasteiger partial charge is 0.507 e. The monoisotopic (exact) mass is 541 g/mol. The number of allylic oxidation sites excluding steroid dienone is 2. The SMILES string of the molecule is CC.C\C=C/C=c1/cc(-c2cc(C(=O)NCCCc3ccccc3)ccc2OCCC(C)C)cc(O)/c1=C\CC. The fourth-order valence-electron chi connectivity index (χ4n) is 4.25. The van der Waals surface area contributed by atoms with Gasteiger partial charge in [0, 0.05) is 22.9 Å². The number of aryl methyl sites for hydroxylation is 1. The second-order valence-electron chi connectivity index (χ2n) is 9.89. The number of phenols is 1. The fraction of sp³-hybridized carbons (Fsp3) is 0.361. The Balaban J connectivity index is 0.00000274. The van der Waals surface area contributed by atoms with E-state index < -0.39 is 0 Å². The van der Waals surface area contributed by atoms with Crippen molar-refractivity contribution in [3.8, 4) is 22.6 Å². The van der Waals surface area contributed by atoms with Crippen LogP contribution in [0.1, 0.15) is 76.7 Å². The van der Waals surface area contributed by atoms with E-state index in [4.69, 9.17) is 4.74 Å². The van der Waals surface area contributed by atoms with E-state index in [9.17, 15) is 9.90 Å². The first-order valence-corrected chi connectivity index (χ1v) is 14.7. The van der Waals surface area contributed by atoms with Gasteiger partial charge < -0.3 is 15.2 Å². The summed E-state index contributed by atoms with van der Waals surface area (Å²) in [5, 5.41) is 15.7. The van der Waals surface area contributed by atoms with Crippen LogP contribution in [0.3, 0.4) is 0 Å². The van der Waals surface area contributed by atoms with Crippen LogP contribution in [0.15, 0.2) is 72.8 Å². The van der Waals surface area contributed by atoms with E-state index in [2.05, 4.69) is 38.2 Å². The van der Waals surface area contributed by atoms with Gasteiger partial charge in [-0.1, -0.05) is 89.3 Å². The molecule has 40 heavy (non-hydrogen) atoms. The maximum Gasteiger partial charge on any atom is 0.251 e. The Labute approximate surface area is 241 Å². The second-order valence-corrected chi connectivity index (χ2v) is 9.89. The summed E-state index contributed by atoms with van der Waals surface area (Å²) in [6, 6.07) is 19.7. The Hall–Kier alpha value is -3.79. The number of phenolic OH excluding ortho intramolecular Hbond substituents is 1. The molecule has 0 heterocycles. The molecule has 0 bridgehead atoms. The molecule has 3 aromatic rings. The Morgan fingerprint density at radius 3 is 2.48 bits per heavy atom. The van der Waals surface area contributed by atoms with Crippen LogP contribution in [-0.2, 0) is 6.42 Å². The maximum absolute atomic E-state index is 13.0. The average molecular weight is 542 g/mol. The number of nitrogens with one attached hydrogen (secondary N) is 1. The lowest BCUT2D eigenvalue weighted by atomic mass is 9.99. The highest BCUT2D eigenvalue weighted by atomic mass is 16.5. The molecule has 0 fully saturated rings. The Morgan fingerprint density at radius 2 is 1.80 bits per heavy atom. The first-order chi connectivity index (χ1) is 19.4. The van der Waals surface area contributed by atoms with E-state index >= 15 is 0 Å². The van der Waals surface area contributed by atoms with Crippen molar-refractivity contribution in [1.29, 1.82) is 0 Å². The summed E-state index contributed by atoms with van der Waals surface area (Å²) in [5.41, 5.74) is 3.43. The van der Waals surface area contributed by atoms with Crippen molar-refractivity contribution < 1.29 is 14.6 Å². The molecule has 2 N–H and O–H groups in total. The Morgan fingerprint density at radius 1 is 1.05 bits per heavy atom. The van der Waals surface area contributed by atoms with Crippen molar-refractivity contribution in [2.45, 2.75) is 67.2 Å². The number of aromatic hydroxyl groups is 1. The summed E-state index contributed by atoms with van der Waals surface area (Å²) in [6.45, 7) is 13.5. The standard InChI is InChI=1S/C34H41NO3.C2H6/c1-5-7-16-27-22-29(24-32(36)30(27)12-6-2)31-23-28(17-18-33(31)38-21-19-25(3)4)34(37)35-20-11-15-26-13-9-8-10-14-26;1-2/h5,7-10,12-14,16-18,22-25,36H,6,11,15,19-21H2,1-4H3,(H,35,37);1-2H3/b7-5-,27-16-,30-12-;. The van der Waals surface area contributed by atoms with Crippen molar-refractivity contribution in [3.63, 3.8) is 0 Å². The first-order valence-electron chi connectivity index (χ1n) is 14.7. The summed E-state index contributed by atoms with van der Waals surface area (Å²) < 4.78 is 6.18. The molecule has 0 saturated carbocycles. The number of rotatable bonds is 12. The van der Waals surface area contributed by atoms with Gasteiger partial charge in [0.1, 0.15) is 11.5 Å². The van der Waals surface area contributed by atoms with Gasteiger partial charge in [0.25, 0.3) is 5.91 Å². The summed E-state index contributed by atoms with van der Waals surface area (Å²) >= 11 is 0. The van der Waals surface area contributed by atoms with Gasteiger partial charge in [0.15, 0.2) is 0 Å². The van der Waals surface area contributed by atoms with Gasteiger partial charge in [-0.15, -0.1) is 0 Å². The summed E-state index contributed by atoms with van der Waals surface area (Å²) in [7, 11) is 0. The lowest BCUT2D eigenvalue weighted by Crippen LogP contribution is -2.25. The lowest BCUT2D eigenvalue weighted by Gasteiger charge is -2.15. The normalized spacial score (nSPS) is 12.0. The molecule has 0 radical (unpaired) electrons. The average Bonchev–Trinajstić information content (AvgIpc) is 2.97. The molecule has 1 amide bonds. The third kappa shape index (κ3) is 10.1. The topological polar surface area (TPSA) is 58.6 Å². The maximum atomic E-state index is 13.0. The molecular weight excluding hydrogens is 494 g/mol. The molecule has 4 nitrogen and oxygen atoms in total. The summed E-state index contributed by atoms with van der Waals surface area (Å²) in [6.07, 6.45) is 11.5. The van der Waals surface area contributed by atoms with Crippen LogP contribution in [0, 0.1) is 5.92 Å². The second kappa shape index (κ2) is 17.7.